The highest BCUT2D eigenvalue weighted by atomic mass is 19.4. The number of ether oxygens (including phenoxy) is 1. The topological polar surface area (TPSA) is 78.9 Å². The van der Waals surface area contributed by atoms with Crippen molar-refractivity contribution >= 4 is 12.0 Å². The van der Waals surface area contributed by atoms with E-state index in [0.29, 0.717) is 17.7 Å². The average molecular weight is 284 g/mol. The van der Waals surface area contributed by atoms with Crippen molar-refractivity contribution in [3.8, 4) is 0 Å². The van der Waals surface area contributed by atoms with Crippen LogP contribution < -0.4 is 5.32 Å². The molecule has 1 rings (SSSR count). The minimum Gasteiger partial charge on any atom is -0.479 e. The van der Waals surface area contributed by atoms with E-state index >= 15 is 0 Å². The van der Waals surface area contributed by atoms with Gasteiger partial charge in [-0.15, -0.1) is 0 Å². The van der Waals surface area contributed by atoms with Crippen LogP contribution in [0.1, 0.15) is 12.8 Å². The summed E-state index contributed by atoms with van der Waals surface area (Å²) in [5, 5.41) is 10.8. The van der Waals surface area contributed by atoms with Crippen molar-refractivity contribution in [1.82, 2.24) is 10.2 Å². The van der Waals surface area contributed by atoms with Gasteiger partial charge in [-0.3, -0.25) is 0 Å². The Balaban J connectivity index is 2.51. The van der Waals surface area contributed by atoms with Gasteiger partial charge >= 0.3 is 18.2 Å². The lowest BCUT2D eigenvalue weighted by Crippen LogP contribution is -2.48. The number of hydrogen-bond acceptors (Lipinski definition) is 3. The molecular formula is C10H15F3N2O4. The molecule has 9 heteroatoms. The number of urea groups is 1. The fourth-order valence-electron chi connectivity index (χ4n) is 1.50. The number of rotatable bonds is 6. The van der Waals surface area contributed by atoms with Gasteiger partial charge in [0.1, 0.15) is 6.54 Å². The van der Waals surface area contributed by atoms with Crippen LogP contribution in [-0.2, 0) is 9.53 Å². The monoisotopic (exact) mass is 284 g/mol. The third-order valence-electron chi connectivity index (χ3n) is 2.60. The molecular weight excluding hydrogens is 269 g/mol. The van der Waals surface area contributed by atoms with Gasteiger partial charge in [0, 0.05) is 13.2 Å². The van der Waals surface area contributed by atoms with Crippen LogP contribution in [0, 0.1) is 0 Å². The van der Waals surface area contributed by atoms with E-state index < -0.39 is 36.9 Å². The Morgan fingerprint density at radius 1 is 1.47 bits per heavy atom. The van der Waals surface area contributed by atoms with Gasteiger partial charge in [-0.2, -0.15) is 13.2 Å². The predicted molar refractivity (Wildman–Crippen MR) is 57.6 cm³/mol. The molecule has 1 aliphatic carbocycles. The van der Waals surface area contributed by atoms with Gasteiger partial charge in [0.2, 0.25) is 0 Å². The van der Waals surface area contributed by atoms with E-state index in [1.54, 1.807) is 0 Å². The van der Waals surface area contributed by atoms with E-state index in [-0.39, 0.29) is 6.54 Å². The first kappa shape index (κ1) is 15.5. The molecule has 0 aromatic carbocycles. The third kappa shape index (κ3) is 5.33. The molecule has 2 amide bonds. The van der Waals surface area contributed by atoms with Gasteiger partial charge in [-0.25, -0.2) is 9.59 Å². The molecule has 0 aromatic heterocycles. The Morgan fingerprint density at radius 2 is 2.05 bits per heavy atom. The number of carbonyl (C=O) groups excluding carboxylic acids is 1. The molecule has 0 saturated heterocycles. The number of nitrogens with one attached hydrogen (secondary N) is 1. The van der Waals surface area contributed by atoms with Crippen LogP contribution in [0.5, 0.6) is 0 Å². The molecule has 1 fully saturated rings. The summed E-state index contributed by atoms with van der Waals surface area (Å²) in [4.78, 5) is 22.9. The third-order valence-corrected chi connectivity index (χ3v) is 2.60. The highest BCUT2D eigenvalue weighted by Gasteiger charge is 2.40. The van der Waals surface area contributed by atoms with Crippen LogP contribution in [-0.4, -0.2) is 60.5 Å². The van der Waals surface area contributed by atoms with E-state index in [1.807, 2.05) is 0 Å². The number of carboxylic acids is 1. The van der Waals surface area contributed by atoms with E-state index in [0.717, 1.165) is 7.11 Å². The van der Waals surface area contributed by atoms with Gasteiger partial charge in [-0.05, 0) is 12.8 Å². The highest BCUT2D eigenvalue weighted by molar-refractivity contribution is 5.77. The summed E-state index contributed by atoms with van der Waals surface area (Å²) < 4.78 is 41.5. The van der Waals surface area contributed by atoms with Crippen molar-refractivity contribution in [1.29, 1.82) is 0 Å². The largest absolute Gasteiger partial charge is 0.479 e. The van der Waals surface area contributed by atoms with E-state index in [2.05, 4.69) is 10.1 Å². The minimum atomic E-state index is -4.48. The second-order valence-corrected chi connectivity index (χ2v) is 4.22. The number of hydrogen-bond donors (Lipinski definition) is 2. The number of alkyl halides is 3. The second-order valence-electron chi connectivity index (χ2n) is 4.22. The fraction of sp³-hybridized carbons (Fsp3) is 0.800. The van der Waals surface area contributed by atoms with Crippen molar-refractivity contribution in [3.63, 3.8) is 0 Å². The standard InChI is InChI=1S/C10H15F3N2O4/c1-19-7(8(16)17)4-14-9(18)15(6-2-3-6)5-10(11,12)13/h6-7H,2-5H2,1H3,(H,14,18)(H,16,17). The van der Waals surface area contributed by atoms with E-state index in [1.165, 1.54) is 0 Å². The van der Waals surface area contributed by atoms with Gasteiger partial charge in [0.15, 0.2) is 6.10 Å². The summed E-state index contributed by atoms with van der Waals surface area (Å²) in [6.45, 7) is -1.72. The number of carboxylic acid groups (broad SMARTS) is 1. The number of nitrogens with zero attached hydrogens (tertiary/aromatic N) is 1. The van der Waals surface area contributed by atoms with Crippen molar-refractivity contribution in [3.05, 3.63) is 0 Å². The summed E-state index contributed by atoms with van der Waals surface area (Å²) in [5.74, 6) is -1.29. The molecule has 1 saturated carbocycles. The van der Waals surface area contributed by atoms with Crippen LogP contribution in [0.25, 0.3) is 0 Å². The van der Waals surface area contributed by atoms with Crippen LogP contribution >= 0.6 is 0 Å². The summed E-state index contributed by atoms with van der Waals surface area (Å²) in [5.41, 5.74) is 0. The van der Waals surface area contributed by atoms with Gasteiger partial charge in [-0.1, -0.05) is 0 Å². The van der Waals surface area contributed by atoms with Gasteiger partial charge in [0.05, 0.1) is 6.54 Å². The maximum atomic E-state index is 12.3. The van der Waals surface area contributed by atoms with E-state index in [4.69, 9.17) is 5.11 Å². The molecule has 1 atom stereocenters. The molecule has 6 nitrogen and oxygen atoms in total. The van der Waals surface area contributed by atoms with Crippen molar-refractivity contribution in [2.75, 3.05) is 20.2 Å². The Hall–Kier alpha value is -1.51. The lowest BCUT2D eigenvalue weighted by molar-refractivity contribution is -0.148. The number of methoxy groups -OCH3 is 1. The van der Waals surface area contributed by atoms with E-state index in [9.17, 15) is 22.8 Å². The normalized spacial score (nSPS) is 16.8. The first-order valence-corrected chi connectivity index (χ1v) is 5.61. The average Bonchev–Trinajstić information content (AvgIpc) is 3.08. The van der Waals surface area contributed by atoms with Crippen molar-refractivity contribution < 1.29 is 32.6 Å². The molecule has 110 valence electrons. The smallest absolute Gasteiger partial charge is 0.406 e. The zero-order chi connectivity index (χ0) is 14.6. The van der Waals surface area contributed by atoms with Gasteiger partial charge in [0.25, 0.3) is 0 Å². The molecule has 19 heavy (non-hydrogen) atoms. The SMILES string of the molecule is COC(CNC(=O)N(CC(F)(F)F)C1CC1)C(=O)O. The Bertz CT molecular complexity index is 344. The second kappa shape index (κ2) is 6.09. The van der Waals surface area contributed by atoms with Crippen LogP contribution in [0.2, 0.25) is 0 Å². The minimum absolute atomic E-state index is 0.383. The summed E-state index contributed by atoms with van der Waals surface area (Å²) >= 11 is 0. The molecule has 0 radical (unpaired) electrons. The number of aliphatic carboxylic acids is 1. The zero-order valence-corrected chi connectivity index (χ0v) is 10.2. The first-order chi connectivity index (χ1) is 8.74. The van der Waals surface area contributed by atoms with Crippen LogP contribution in [0.3, 0.4) is 0 Å². The fourth-order valence-corrected chi connectivity index (χ4v) is 1.50. The molecule has 0 aromatic rings. The predicted octanol–water partition coefficient (Wildman–Crippen LogP) is 0.822. The van der Waals surface area contributed by atoms with Gasteiger partial charge < -0.3 is 20.1 Å². The Kier molecular flexibility index (Phi) is 4.98. The summed E-state index contributed by atoms with van der Waals surface area (Å²) in [6, 6.07) is -1.35. The highest BCUT2D eigenvalue weighted by Crippen LogP contribution is 2.30. The zero-order valence-electron chi connectivity index (χ0n) is 10.2. The molecule has 0 bridgehead atoms. The first-order valence-electron chi connectivity index (χ1n) is 5.61. The summed E-state index contributed by atoms with van der Waals surface area (Å²) in [6.07, 6.45) is -4.71. The Labute approximate surface area is 107 Å². The molecule has 1 unspecified atom stereocenters. The molecule has 0 aliphatic heterocycles. The summed E-state index contributed by atoms with van der Waals surface area (Å²) in [7, 11) is 1.14. The number of carbonyl (C=O) groups is 2. The molecule has 0 spiro atoms. The molecule has 0 heterocycles. The van der Waals surface area contributed by atoms with Crippen LogP contribution in [0.15, 0.2) is 0 Å². The maximum Gasteiger partial charge on any atom is 0.406 e. The molecule has 1 aliphatic rings. The van der Waals surface area contributed by atoms with Crippen molar-refractivity contribution in [2.24, 2.45) is 0 Å². The molecule has 2 N–H and O–H groups in total. The number of halogens is 3. The maximum absolute atomic E-state index is 12.3. The van der Waals surface area contributed by atoms with Crippen molar-refractivity contribution in [2.45, 2.75) is 31.2 Å². The number of amides is 2. The lowest BCUT2D eigenvalue weighted by Gasteiger charge is -2.24. The Morgan fingerprint density at radius 3 is 2.42 bits per heavy atom. The quantitative estimate of drug-likeness (QED) is 0.757. The van der Waals surface area contributed by atoms with Crippen LogP contribution in [0.4, 0.5) is 18.0 Å². The lowest BCUT2D eigenvalue weighted by atomic mass is 10.3.